The summed E-state index contributed by atoms with van der Waals surface area (Å²) in [6.07, 6.45) is 0.0287. The summed E-state index contributed by atoms with van der Waals surface area (Å²) in [6.45, 7) is 4.56. The predicted molar refractivity (Wildman–Crippen MR) is 78.2 cm³/mol. The number of aliphatic carboxylic acids is 1. The zero-order valence-electron chi connectivity index (χ0n) is 11.0. The maximum Gasteiger partial charge on any atom is 0.305 e. The van der Waals surface area contributed by atoms with E-state index in [9.17, 15) is 9.59 Å². The highest BCUT2D eigenvalue weighted by Crippen LogP contribution is 2.26. The maximum atomic E-state index is 12.6. The number of thiophene rings is 1. The molecule has 104 valence electrons. The predicted octanol–water partition coefficient (Wildman–Crippen LogP) is 2.40. The van der Waals surface area contributed by atoms with Crippen LogP contribution in [0, 0.1) is 13.8 Å². The number of thioether (sulfide) groups is 1. The average Bonchev–Trinajstić information content (AvgIpc) is 2.67. The van der Waals surface area contributed by atoms with Gasteiger partial charge in [0, 0.05) is 27.8 Å². The molecule has 2 rings (SSSR count). The second-order valence-electron chi connectivity index (χ2n) is 4.65. The Labute approximate surface area is 120 Å². The van der Waals surface area contributed by atoms with Gasteiger partial charge in [-0.25, -0.2) is 0 Å². The molecular weight excluding hydrogens is 282 g/mol. The molecule has 0 spiro atoms. The molecule has 4 nitrogen and oxygen atoms in total. The molecule has 1 atom stereocenters. The molecule has 1 aromatic heterocycles. The topological polar surface area (TPSA) is 57.6 Å². The Hall–Kier alpha value is -1.01. The van der Waals surface area contributed by atoms with Gasteiger partial charge in [0.15, 0.2) is 0 Å². The lowest BCUT2D eigenvalue weighted by molar-refractivity contribution is -0.138. The first-order chi connectivity index (χ1) is 8.99. The van der Waals surface area contributed by atoms with Crippen molar-refractivity contribution in [1.82, 2.24) is 4.90 Å². The van der Waals surface area contributed by atoms with Crippen molar-refractivity contribution in [2.24, 2.45) is 0 Å². The maximum absolute atomic E-state index is 12.6. The van der Waals surface area contributed by atoms with Crippen molar-refractivity contribution in [3.63, 3.8) is 0 Å². The van der Waals surface area contributed by atoms with E-state index in [1.165, 1.54) is 0 Å². The van der Waals surface area contributed by atoms with Gasteiger partial charge in [0.1, 0.15) is 0 Å². The summed E-state index contributed by atoms with van der Waals surface area (Å²) in [5.74, 6) is 0.724. The van der Waals surface area contributed by atoms with Crippen molar-refractivity contribution in [1.29, 1.82) is 0 Å². The summed E-state index contributed by atoms with van der Waals surface area (Å²) in [4.78, 5) is 27.3. The number of hydrogen-bond acceptors (Lipinski definition) is 4. The molecule has 19 heavy (non-hydrogen) atoms. The number of carbonyl (C=O) groups is 2. The van der Waals surface area contributed by atoms with E-state index in [1.807, 2.05) is 19.9 Å². The number of aryl methyl sites for hydroxylation is 2. The lowest BCUT2D eigenvalue weighted by Gasteiger charge is -2.34. The van der Waals surface area contributed by atoms with Gasteiger partial charge in [0.05, 0.1) is 18.0 Å². The monoisotopic (exact) mass is 299 g/mol. The van der Waals surface area contributed by atoms with Gasteiger partial charge in [0.25, 0.3) is 5.91 Å². The third-order valence-corrected chi connectivity index (χ3v) is 5.23. The van der Waals surface area contributed by atoms with Crippen LogP contribution in [0.2, 0.25) is 0 Å². The van der Waals surface area contributed by atoms with E-state index in [0.717, 1.165) is 21.1 Å². The fourth-order valence-electron chi connectivity index (χ4n) is 2.29. The smallest absolute Gasteiger partial charge is 0.305 e. The largest absolute Gasteiger partial charge is 0.481 e. The Morgan fingerprint density at radius 3 is 2.79 bits per heavy atom. The molecule has 0 aliphatic carbocycles. The van der Waals surface area contributed by atoms with Crippen LogP contribution in [0.15, 0.2) is 6.07 Å². The van der Waals surface area contributed by atoms with Crippen LogP contribution in [0.25, 0.3) is 0 Å². The minimum Gasteiger partial charge on any atom is -0.481 e. The fourth-order valence-corrected chi connectivity index (χ4v) is 4.27. The third-order valence-electron chi connectivity index (χ3n) is 3.17. The summed E-state index contributed by atoms with van der Waals surface area (Å²) in [5, 5.41) is 8.95. The summed E-state index contributed by atoms with van der Waals surface area (Å²) < 4.78 is 0. The molecule has 1 saturated heterocycles. The van der Waals surface area contributed by atoms with Crippen molar-refractivity contribution < 1.29 is 14.7 Å². The fraction of sp³-hybridized carbons (Fsp3) is 0.538. The number of hydrogen-bond donors (Lipinski definition) is 1. The highest BCUT2D eigenvalue weighted by Gasteiger charge is 2.30. The quantitative estimate of drug-likeness (QED) is 0.931. The lowest BCUT2D eigenvalue weighted by Crippen LogP contribution is -2.47. The van der Waals surface area contributed by atoms with Crippen LogP contribution in [0.4, 0.5) is 0 Å². The van der Waals surface area contributed by atoms with Crippen molar-refractivity contribution in [2.45, 2.75) is 26.3 Å². The molecule has 0 saturated carbocycles. The van der Waals surface area contributed by atoms with Crippen molar-refractivity contribution >= 4 is 35.0 Å². The first kappa shape index (κ1) is 14.4. The van der Waals surface area contributed by atoms with E-state index in [-0.39, 0.29) is 18.4 Å². The second kappa shape index (κ2) is 5.96. The highest BCUT2D eigenvalue weighted by molar-refractivity contribution is 7.99. The summed E-state index contributed by atoms with van der Waals surface area (Å²) in [7, 11) is 0. The van der Waals surface area contributed by atoms with Crippen molar-refractivity contribution in [2.75, 3.05) is 18.1 Å². The zero-order chi connectivity index (χ0) is 14.0. The molecule has 2 heterocycles. The van der Waals surface area contributed by atoms with E-state index in [0.29, 0.717) is 12.3 Å². The van der Waals surface area contributed by atoms with Gasteiger partial charge >= 0.3 is 5.97 Å². The van der Waals surface area contributed by atoms with Crippen LogP contribution in [0.5, 0.6) is 0 Å². The zero-order valence-corrected chi connectivity index (χ0v) is 12.6. The number of carbonyl (C=O) groups excluding carboxylic acids is 1. The number of carboxylic acid groups (broad SMARTS) is 1. The van der Waals surface area contributed by atoms with Crippen LogP contribution in [-0.4, -0.2) is 46.0 Å². The van der Waals surface area contributed by atoms with Gasteiger partial charge < -0.3 is 10.0 Å². The van der Waals surface area contributed by atoms with Gasteiger partial charge in [-0.15, -0.1) is 11.3 Å². The molecule has 1 aliphatic heterocycles. The van der Waals surface area contributed by atoms with Crippen molar-refractivity contribution in [3.05, 3.63) is 21.4 Å². The normalized spacial score (nSPS) is 19.5. The van der Waals surface area contributed by atoms with Crippen LogP contribution in [0.1, 0.15) is 26.5 Å². The molecule has 1 fully saturated rings. The van der Waals surface area contributed by atoms with E-state index >= 15 is 0 Å². The van der Waals surface area contributed by atoms with Crippen LogP contribution in [0.3, 0.4) is 0 Å². The molecule has 1 aromatic rings. The Morgan fingerprint density at radius 1 is 1.47 bits per heavy atom. The van der Waals surface area contributed by atoms with E-state index in [2.05, 4.69) is 0 Å². The van der Waals surface area contributed by atoms with Gasteiger partial charge in [0.2, 0.25) is 0 Å². The molecule has 0 radical (unpaired) electrons. The number of amides is 1. The molecule has 1 unspecified atom stereocenters. The van der Waals surface area contributed by atoms with Crippen LogP contribution < -0.4 is 0 Å². The minimum absolute atomic E-state index is 0.0200. The first-order valence-electron chi connectivity index (χ1n) is 6.16. The molecule has 6 heteroatoms. The lowest BCUT2D eigenvalue weighted by atomic mass is 10.1. The molecule has 1 N–H and O–H groups in total. The Bertz CT molecular complexity index is 498. The standard InChI is InChI=1S/C13H17NO3S2/c1-8-5-11(9(2)19-8)13(17)14-3-4-18-7-10(14)6-12(15)16/h5,10H,3-4,6-7H2,1-2H3,(H,15,16). The van der Waals surface area contributed by atoms with Gasteiger partial charge in [-0.05, 0) is 19.9 Å². The second-order valence-corrected chi connectivity index (χ2v) is 7.26. The van der Waals surface area contributed by atoms with Crippen molar-refractivity contribution in [3.8, 4) is 0 Å². The number of nitrogens with zero attached hydrogens (tertiary/aromatic N) is 1. The summed E-state index contributed by atoms with van der Waals surface area (Å²) >= 11 is 3.32. The van der Waals surface area contributed by atoms with Gasteiger partial charge in [-0.3, -0.25) is 9.59 Å². The van der Waals surface area contributed by atoms with E-state index < -0.39 is 5.97 Å². The SMILES string of the molecule is Cc1cc(C(=O)N2CCSCC2CC(=O)O)c(C)s1. The van der Waals surface area contributed by atoms with E-state index in [1.54, 1.807) is 28.0 Å². The van der Waals surface area contributed by atoms with Crippen LogP contribution in [-0.2, 0) is 4.79 Å². The van der Waals surface area contributed by atoms with Gasteiger partial charge in [-0.1, -0.05) is 0 Å². The van der Waals surface area contributed by atoms with E-state index in [4.69, 9.17) is 5.11 Å². The van der Waals surface area contributed by atoms with Gasteiger partial charge in [-0.2, -0.15) is 11.8 Å². The number of rotatable bonds is 3. The molecule has 1 amide bonds. The molecule has 1 aliphatic rings. The average molecular weight is 299 g/mol. The highest BCUT2D eigenvalue weighted by atomic mass is 32.2. The Balaban J connectivity index is 2.19. The molecule has 0 bridgehead atoms. The Morgan fingerprint density at radius 2 is 2.21 bits per heavy atom. The number of carboxylic acids is 1. The summed E-state index contributed by atoms with van der Waals surface area (Å²) in [6, 6.07) is 1.71. The molecular formula is C13H17NO3S2. The van der Waals surface area contributed by atoms with Crippen LogP contribution >= 0.6 is 23.1 Å². The first-order valence-corrected chi connectivity index (χ1v) is 8.13. The molecule has 0 aromatic carbocycles. The minimum atomic E-state index is -0.844. The Kier molecular flexibility index (Phi) is 4.52. The third kappa shape index (κ3) is 3.30. The summed E-state index contributed by atoms with van der Waals surface area (Å²) in [5.41, 5.74) is 0.727.